The maximum Gasteiger partial charge on any atom is 0.234 e. The number of hydrazine groups is 1. The number of rotatable bonds is 5. The summed E-state index contributed by atoms with van der Waals surface area (Å²) in [6, 6.07) is 6.84. The van der Waals surface area contributed by atoms with Crippen molar-refractivity contribution in [3.8, 4) is 0 Å². The predicted molar refractivity (Wildman–Crippen MR) is 75.4 cm³/mol. The molecule has 0 saturated carbocycles. The molecule has 0 aliphatic carbocycles. The van der Waals surface area contributed by atoms with E-state index in [1.807, 2.05) is 13.8 Å². The fourth-order valence-corrected chi connectivity index (χ4v) is 1.85. The van der Waals surface area contributed by atoms with Crippen molar-refractivity contribution in [1.82, 2.24) is 5.43 Å². The van der Waals surface area contributed by atoms with Crippen LogP contribution < -0.4 is 16.6 Å². The highest BCUT2D eigenvalue weighted by atomic mass is 35.5. The average Bonchev–Trinajstić information content (AvgIpc) is 2.30. The molecule has 2 amide bonds. The second-order valence-electron chi connectivity index (χ2n) is 5.14. The molecular weight excluding hydrogens is 266 g/mol. The summed E-state index contributed by atoms with van der Waals surface area (Å²) in [5.74, 6) is 4.59. The monoisotopic (exact) mass is 283 g/mol. The van der Waals surface area contributed by atoms with Crippen molar-refractivity contribution in [3.63, 3.8) is 0 Å². The fourth-order valence-electron chi connectivity index (χ4n) is 1.72. The van der Waals surface area contributed by atoms with Crippen LogP contribution >= 0.6 is 11.6 Å². The molecule has 0 heterocycles. The lowest BCUT2D eigenvalue weighted by Crippen LogP contribution is -2.35. The van der Waals surface area contributed by atoms with Crippen LogP contribution in [0.25, 0.3) is 0 Å². The smallest absolute Gasteiger partial charge is 0.234 e. The Kier molecular flexibility index (Phi) is 5.32. The maximum absolute atomic E-state index is 11.9. The molecule has 5 nitrogen and oxygen atoms in total. The molecule has 1 rings (SSSR count). The second-order valence-corrected chi connectivity index (χ2v) is 5.58. The van der Waals surface area contributed by atoms with Gasteiger partial charge in [0.1, 0.15) is 0 Å². The molecule has 4 N–H and O–H groups in total. The summed E-state index contributed by atoms with van der Waals surface area (Å²) in [7, 11) is 0. The number of hydrogen-bond donors (Lipinski definition) is 3. The van der Waals surface area contributed by atoms with E-state index in [1.54, 1.807) is 24.3 Å². The topological polar surface area (TPSA) is 84.2 Å². The Bertz CT molecular complexity index is 457. The Labute approximate surface area is 117 Å². The zero-order chi connectivity index (χ0) is 14.5. The van der Waals surface area contributed by atoms with E-state index < -0.39 is 5.41 Å². The van der Waals surface area contributed by atoms with Gasteiger partial charge in [0, 0.05) is 23.6 Å². The minimum absolute atomic E-state index is 0.155. The van der Waals surface area contributed by atoms with Crippen LogP contribution in [-0.4, -0.2) is 11.8 Å². The fraction of sp³-hybridized carbons (Fsp3) is 0.385. The Morgan fingerprint density at radius 1 is 1.16 bits per heavy atom. The summed E-state index contributed by atoms with van der Waals surface area (Å²) >= 11 is 5.76. The van der Waals surface area contributed by atoms with Crippen LogP contribution in [0.1, 0.15) is 26.7 Å². The molecule has 0 fully saturated rings. The molecule has 0 spiro atoms. The lowest BCUT2D eigenvalue weighted by atomic mass is 9.85. The lowest BCUT2D eigenvalue weighted by molar-refractivity contribution is -0.124. The average molecular weight is 284 g/mol. The SMILES string of the molecule is CC(C)(CC(=O)NN)CC(=O)Nc1ccc(Cl)cc1. The number of benzene rings is 1. The predicted octanol–water partition coefficient (Wildman–Crippen LogP) is 2.07. The van der Waals surface area contributed by atoms with E-state index in [0.717, 1.165) is 0 Å². The molecule has 0 bridgehead atoms. The van der Waals surface area contributed by atoms with Gasteiger partial charge in [-0.05, 0) is 29.7 Å². The number of nitrogens with two attached hydrogens (primary N) is 1. The van der Waals surface area contributed by atoms with Crippen LogP contribution in [0.3, 0.4) is 0 Å². The van der Waals surface area contributed by atoms with Crippen LogP contribution in [0.4, 0.5) is 5.69 Å². The van der Waals surface area contributed by atoms with Crippen molar-refractivity contribution in [2.24, 2.45) is 11.3 Å². The van der Waals surface area contributed by atoms with Crippen molar-refractivity contribution in [2.45, 2.75) is 26.7 Å². The van der Waals surface area contributed by atoms with Crippen LogP contribution in [0.5, 0.6) is 0 Å². The molecule has 0 atom stereocenters. The molecule has 1 aromatic rings. The Balaban J connectivity index is 2.54. The molecule has 104 valence electrons. The molecular formula is C13H18ClN3O2. The Hall–Kier alpha value is -1.59. The van der Waals surface area contributed by atoms with Gasteiger partial charge in [-0.15, -0.1) is 0 Å². The zero-order valence-electron chi connectivity index (χ0n) is 11.0. The van der Waals surface area contributed by atoms with Gasteiger partial charge in [0.15, 0.2) is 0 Å². The first-order valence-electron chi connectivity index (χ1n) is 5.87. The van der Waals surface area contributed by atoms with Crippen molar-refractivity contribution in [3.05, 3.63) is 29.3 Å². The highest BCUT2D eigenvalue weighted by molar-refractivity contribution is 6.30. The summed E-state index contributed by atoms with van der Waals surface area (Å²) in [4.78, 5) is 23.1. The number of anilines is 1. The van der Waals surface area contributed by atoms with E-state index in [2.05, 4.69) is 10.7 Å². The number of carbonyl (C=O) groups excluding carboxylic acids is 2. The third-order valence-corrected chi connectivity index (χ3v) is 2.82. The number of carbonyl (C=O) groups is 2. The summed E-state index contributed by atoms with van der Waals surface area (Å²) in [6.45, 7) is 3.67. The van der Waals surface area contributed by atoms with Crippen molar-refractivity contribution < 1.29 is 9.59 Å². The van der Waals surface area contributed by atoms with E-state index >= 15 is 0 Å². The zero-order valence-corrected chi connectivity index (χ0v) is 11.8. The van der Waals surface area contributed by atoms with Crippen LogP contribution in [0.15, 0.2) is 24.3 Å². The van der Waals surface area contributed by atoms with E-state index in [1.165, 1.54) is 0 Å². The maximum atomic E-state index is 11.9. The quantitative estimate of drug-likeness (QED) is 0.439. The second kappa shape index (κ2) is 6.54. The summed E-state index contributed by atoms with van der Waals surface area (Å²) < 4.78 is 0. The summed E-state index contributed by atoms with van der Waals surface area (Å²) in [5, 5.41) is 3.37. The van der Waals surface area contributed by atoms with Gasteiger partial charge in [0.05, 0.1) is 0 Å². The highest BCUT2D eigenvalue weighted by Crippen LogP contribution is 2.25. The normalized spacial score (nSPS) is 10.9. The number of halogens is 1. The van der Waals surface area contributed by atoms with Crippen LogP contribution in [-0.2, 0) is 9.59 Å². The number of hydrogen-bond acceptors (Lipinski definition) is 3. The standard InChI is InChI=1S/C13H18ClN3O2/c1-13(2,8-12(19)17-15)7-11(18)16-10-5-3-9(14)4-6-10/h3-6H,7-8,15H2,1-2H3,(H,16,18)(H,17,19). The first-order valence-corrected chi connectivity index (χ1v) is 6.25. The Morgan fingerprint density at radius 3 is 2.21 bits per heavy atom. The van der Waals surface area contributed by atoms with Crippen molar-refractivity contribution >= 4 is 29.1 Å². The molecule has 6 heteroatoms. The molecule has 0 unspecified atom stereocenters. The minimum atomic E-state index is -0.458. The van der Waals surface area contributed by atoms with E-state index in [-0.39, 0.29) is 24.7 Å². The van der Waals surface area contributed by atoms with Crippen LogP contribution in [0.2, 0.25) is 5.02 Å². The van der Waals surface area contributed by atoms with Crippen LogP contribution in [0, 0.1) is 5.41 Å². The van der Waals surface area contributed by atoms with Gasteiger partial charge in [0.25, 0.3) is 0 Å². The lowest BCUT2D eigenvalue weighted by Gasteiger charge is -2.22. The van der Waals surface area contributed by atoms with Crippen molar-refractivity contribution in [2.75, 3.05) is 5.32 Å². The van der Waals surface area contributed by atoms with Gasteiger partial charge < -0.3 is 5.32 Å². The molecule has 0 radical (unpaired) electrons. The van der Waals surface area contributed by atoms with E-state index in [4.69, 9.17) is 17.4 Å². The van der Waals surface area contributed by atoms with Gasteiger partial charge >= 0.3 is 0 Å². The molecule has 19 heavy (non-hydrogen) atoms. The molecule has 1 aromatic carbocycles. The Morgan fingerprint density at radius 2 is 1.68 bits per heavy atom. The molecule has 0 aromatic heterocycles. The summed E-state index contributed by atoms with van der Waals surface area (Å²) in [6.07, 6.45) is 0.417. The van der Waals surface area contributed by atoms with E-state index in [9.17, 15) is 9.59 Å². The molecule has 0 aliphatic rings. The van der Waals surface area contributed by atoms with Gasteiger partial charge in [-0.1, -0.05) is 25.4 Å². The van der Waals surface area contributed by atoms with Gasteiger partial charge in [0.2, 0.25) is 11.8 Å². The number of amides is 2. The van der Waals surface area contributed by atoms with E-state index in [0.29, 0.717) is 10.7 Å². The largest absolute Gasteiger partial charge is 0.326 e. The third kappa shape index (κ3) is 5.72. The summed E-state index contributed by atoms with van der Waals surface area (Å²) in [5.41, 5.74) is 2.28. The first kappa shape index (κ1) is 15.5. The molecule has 0 saturated heterocycles. The minimum Gasteiger partial charge on any atom is -0.326 e. The highest BCUT2D eigenvalue weighted by Gasteiger charge is 2.25. The number of nitrogens with one attached hydrogen (secondary N) is 2. The van der Waals surface area contributed by atoms with Crippen molar-refractivity contribution in [1.29, 1.82) is 0 Å². The molecule has 0 aliphatic heterocycles. The van der Waals surface area contributed by atoms with Gasteiger partial charge in [-0.3, -0.25) is 15.0 Å². The van der Waals surface area contributed by atoms with Gasteiger partial charge in [-0.2, -0.15) is 0 Å². The van der Waals surface area contributed by atoms with Gasteiger partial charge in [-0.25, -0.2) is 5.84 Å². The third-order valence-electron chi connectivity index (χ3n) is 2.57. The first-order chi connectivity index (χ1) is 8.82.